The number of rotatable bonds is 3. The number of benzene rings is 1. The second kappa shape index (κ2) is 5.69. The summed E-state index contributed by atoms with van der Waals surface area (Å²) in [6, 6.07) is 3.72. The third kappa shape index (κ3) is 2.57. The lowest BCUT2D eigenvalue weighted by Crippen LogP contribution is -2.45. The molecule has 0 unspecified atom stereocenters. The van der Waals surface area contributed by atoms with Crippen LogP contribution in [0.4, 0.5) is 14.5 Å². The average molecular weight is 281 g/mol. The Balaban J connectivity index is 2.31. The summed E-state index contributed by atoms with van der Waals surface area (Å²) in [5, 5.41) is 0. The Morgan fingerprint density at radius 2 is 2.05 bits per heavy atom. The highest BCUT2D eigenvalue weighted by molar-refractivity contribution is 6.09. The molecule has 1 amide bonds. The van der Waals surface area contributed by atoms with Gasteiger partial charge in [-0.2, -0.15) is 0 Å². The summed E-state index contributed by atoms with van der Waals surface area (Å²) in [4.78, 5) is 25.6. The Morgan fingerprint density at radius 1 is 1.35 bits per heavy atom. The largest absolute Gasteiger partial charge is 0.309 e. The van der Waals surface area contributed by atoms with Gasteiger partial charge in [-0.3, -0.25) is 9.59 Å². The Morgan fingerprint density at radius 3 is 2.70 bits per heavy atom. The van der Waals surface area contributed by atoms with Crippen LogP contribution in [0.2, 0.25) is 0 Å². The van der Waals surface area contributed by atoms with E-state index >= 15 is 0 Å². The highest BCUT2D eigenvalue weighted by Crippen LogP contribution is 2.29. The predicted octanol–water partition coefficient (Wildman–Crippen LogP) is 2.93. The van der Waals surface area contributed by atoms with Gasteiger partial charge in [0.25, 0.3) is 0 Å². The standard InChI is InChI=1S/C15H17F2NO2/c1-9(2)14(19)10-5-4-8-18(15(10)20)12-7-3-6-11(16)13(12)17/h3,6-7,9-10H,4-5,8H2,1-2H3/t10-/m1/s1. The smallest absolute Gasteiger partial charge is 0.237 e. The molecule has 1 saturated heterocycles. The fourth-order valence-electron chi connectivity index (χ4n) is 2.48. The molecule has 0 N–H and O–H groups in total. The number of nitrogens with zero attached hydrogens (tertiary/aromatic N) is 1. The van der Waals surface area contributed by atoms with Crippen LogP contribution >= 0.6 is 0 Å². The summed E-state index contributed by atoms with van der Waals surface area (Å²) >= 11 is 0. The summed E-state index contributed by atoms with van der Waals surface area (Å²) in [6.07, 6.45) is 1.08. The molecule has 1 aromatic rings. The Kier molecular flexibility index (Phi) is 4.16. The second-order valence-corrected chi connectivity index (χ2v) is 5.31. The van der Waals surface area contributed by atoms with Crippen LogP contribution in [-0.2, 0) is 9.59 Å². The second-order valence-electron chi connectivity index (χ2n) is 5.31. The van der Waals surface area contributed by atoms with E-state index in [0.29, 0.717) is 19.4 Å². The molecular formula is C15H17F2NO2. The van der Waals surface area contributed by atoms with Crippen molar-refractivity contribution in [1.82, 2.24) is 0 Å². The van der Waals surface area contributed by atoms with Crippen molar-refractivity contribution >= 4 is 17.4 Å². The topological polar surface area (TPSA) is 37.4 Å². The number of Topliss-reactive ketones (excluding diaryl/α,β-unsaturated/α-hetero) is 1. The van der Waals surface area contributed by atoms with Crippen molar-refractivity contribution in [2.45, 2.75) is 26.7 Å². The number of hydrogen-bond donors (Lipinski definition) is 0. The van der Waals surface area contributed by atoms with E-state index in [0.717, 1.165) is 6.07 Å². The lowest BCUT2D eigenvalue weighted by molar-refractivity contribution is -0.135. The van der Waals surface area contributed by atoms with Gasteiger partial charge in [-0.15, -0.1) is 0 Å². The van der Waals surface area contributed by atoms with Gasteiger partial charge in [-0.25, -0.2) is 8.78 Å². The van der Waals surface area contributed by atoms with Crippen LogP contribution in [0.15, 0.2) is 18.2 Å². The zero-order valence-corrected chi connectivity index (χ0v) is 11.5. The van der Waals surface area contributed by atoms with E-state index in [4.69, 9.17) is 0 Å². The highest BCUT2D eigenvalue weighted by Gasteiger charge is 2.36. The molecule has 0 aliphatic carbocycles. The first-order valence-corrected chi connectivity index (χ1v) is 6.72. The number of hydrogen-bond acceptors (Lipinski definition) is 2. The van der Waals surface area contributed by atoms with Gasteiger partial charge in [0.15, 0.2) is 11.6 Å². The predicted molar refractivity (Wildman–Crippen MR) is 71.3 cm³/mol. The van der Waals surface area contributed by atoms with Crippen LogP contribution in [0.25, 0.3) is 0 Å². The third-order valence-electron chi connectivity index (χ3n) is 3.57. The molecule has 1 atom stereocenters. The van der Waals surface area contributed by atoms with Crippen molar-refractivity contribution in [3.05, 3.63) is 29.8 Å². The fourth-order valence-corrected chi connectivity index (χ4v) is 2.48. The molecule has 0 saturated carbocycles. The summed E-state index contributed by atoms with van der Waals surface area (Å²) in [5.74, 6) is -3.60. The molecule has 2 rings (SSSR count). The minimum absolute atomic E-state index is 0.0868. The molecule has 1 aliphatic rings. The minimum Gasteiger partial charge on any atom is -0.309 e. The number of anilines is 1. The molecule has 1 heterocycles. The van der Waals surface area contributed by atoms with Crippen LogP contribution in [0.3, 0.4) is 0 Å². The van der Waals surface area contributed by atoms with Crippen molar-refractivity contribution in [1.29, 1.82) is 0 Å². The maximum absolute atomic E-state index is 13.8. The van der Waals surface area contributed by atoms with Crippen molar-refractivity contribution in [2.24, 2.45) is 11.8 Å². The van der Waals surface area contributed by atoms with Gasteiger partial charge in [0, 0.05) is 12.5 Å². The summed E-state index contributed by atoms with van der Waals surface area (Å²) in [6.45, 7) is 3.77. The molecule has 20 heavy (non-hydrogen) atoms. The molecule has 1 aliphatic heterocycles. The van der Waals surface area contributed by atoms with Crippen molar-refractivity contribution in [3.8, 4) is 0 Å². The van der Waals surface area contributed by atoms with Gasteiger partial charge in [0.1, 0.15) is 5.78 Å². The third-order valence-corrected chi connectivity index (χ3v) is 3.57. The van der Waals surface area contributed by atoms with E-state index in [2.05, 4.69) is 0 Å². The molecular weight excluding hydrogens is 264 g/mol. The van der Waals surface area contributed by atoms with Crippen molar-refractivity contribution < 1.29 is 18.4 Å². The van der Waals surface area contributed by atoms with E-state index in [1.54, 1.807) is 13.8 Å². The average Bonchev–Trinajstić information content (AvgIpc) is 2.42. The van der Waals surface area contributed by atoms with Gasteiger partial charge in [0.05, 0.1) is 11.6 Å². The first-order chi connectivity index (χ1) is 9.43. The maximum atomic E-state index is 13.8. The van der Waals surface area contributed by atoms with E-state index < -0.39 is 23.5 Å². The highest BCUT2D eigenvalue weighted by atomic mass is 19.2. The number of carbonyl (C=O) groups is 2. The maximum Gasteiger partial charge on any atom is 0.237 e. The van der Waals surface area contributed by atoms with E-state index in [9.17, 15) is 18.4 Å². The molecule has 1 aromatic carbocycles. The van der Waals surface area contributed by atoms with Crippen LogP contribution in [0.1, 0.15) is 26.7 Å². The quantitative estimate of drug-likeness (QED) is 0.799. The lowest BCUT2D eigenvalue weighted by Gasteiger charge is -2.32. The van der Waals surface area contributed by atoms with Crippen LogP contribution in [0, 0.1) is 23.5 Å². The van der Waals surface area contributed by atoms with Gasteiger partial charge in [-0.1, -0.05) is 19.9 Å². The summed E-state index contributed by atoms with van der Waals surface area (Å²) in [5.41, 5.74) is -0.0868. The van der Waals surface area contributed by atoms with Crippen LogP contribution < -0.4 is 4.90 Å². The van der Waals surface area contributed by atoms with E-state index in [1.807, 2.05) is 0 Å². The number of carbonyl (C=O) groups excluding carboxylic acids is 2. The van der Waals surface area contributed by atoms with Gasteiger partial charge >= 0.3 is 0 Å². The van der Waals surface area contributed by atoms with Crippen LogP contribution in [0.5, 0.6) is 0 Å². The fraction of sp³-hybridized carbons (Fsp3) is 0.467. The Bertz CT molecular complexity index is 543. The van der Waals surface area contributed by atoms with Gasteiger partial charge < -0.3 is 4.90 Å². The zero-order valence-electron chi connectivity index (χ0n) is 11.5. The first kappa shape index (κ1) is 14.6. The molecule has 1 fully saturated rings. The zero-order chi connectivity index (χ0) is 14.9. The molecule has 0 spiro atoms. The Hall–Kier alpha value is -1.78. The molecule has 5 heteroatoms. The molecule has 0 aromatic heterocycles. The summed E-state index contributed by atoms with van der Waals surface area (Å²) < 4.78 is 27.1. The first-order valence-electron chi connectivity index (χ1n) is 6.72. The SMILES string of the molecule is CC(C)C(=O)[C@H]1CCCN(c2cccc(F)c2F)C1=O. The lowest BCUT2D eigenvalue weighted by atomic mass is 9.87. The molecule has 0 radical (unpaired) electrons. The van der Waals surface area contributed by atoms with Crippen molar-refractivity contribution in [2.75, 3.05) is 11.4 Å². The molecule has 108 valence electrons. The molecule has 0 bridgehead atoms. The molecule has 3 nitrogen and oxygen atoms in total. The van der Waals surface area contributed by atoms with Crippen molar-refractivity contribution in [3.63, 3.8) is 0 Å². The van der Waals surface area contributed by atoms with Crippen LogP contribution in [-0.4, -0.2) is 18.2 Å². The number of halogens is 2. The number of piperidine rings is 1. The number of ketones is 1. The van der Waals surface area contributed by atoms with E-state index in [1.165, 1.54) is 17.0 Å². The monoisotopic (exact) mass is 281 g/mol. The summed E-state index contributed by atoms with van der Waals surface area (Å²) in [7, 11) is 0. The minimum atomic E-state index is -1.04. The normalized spacial score (nSPS) is 19.6. The van der Waals surface area contributed by atoms with Gasteiger partial charge in [0.2, 0.25) is 5.91 Å². The Labute approximate surface area is 116 Å². The van der Waals surface area contributed by atoms with E-state index in [-0.39, 0.29) is 17.4 Å². The number of amides is 1. The van der Waals surface area contributed by atoms with Gasteiger partial charge in [-0.05, 0) is 25.0 Å².